The Bertz CT molecular complexity index is 301. The fourth-order valence-corrected chi connectivity index (χ4v) is 2.28. The van der Waals surface area contributed by atoms with Gasteiger partial charge in [0.25, 0.3) is 0 Å². The van der Waals surface area contributed by atoms with Gasteiger partial charge in [-0.3, -0.25) is 5.10 Å². The van der Waals surface area contributed by atoms with Crippen LogP contribution in [0, 0.1) is 5.41 Å². The van der Waals surface area contributed by atoms with E-state index in [4.69, 9.17) is 5.73 Å². The Morgan fingerprint density at radius 1 is 1.69 bits per heavy atom. The Labute approximate surface area is 78.7 Å². The van der Waals surface area contributed by atoms with E-state index in [1.807, 2.05) is 6.20 Å². The van der Waals surface area contributed by atoms with Gasteiger partial charge in [0.15, 0.2) is 0 Å². The van der Waals surface area contributed by atoms with E-state index in [0.717, 1.165) is 6.42 Å². The SMILES string of the molecule is CC1(C)CCc2cn[nH]c2C1CN. The van der Waals surface area contributed by atoms with Gasteiger partial charge in [0.1, 0.15) is 0 Å². The van der Waals surface area contributed by atoms with Crippen molar-refractivity contribution in [3.8, 4) is 0 Å². The predicted molar refractivity (Wildman–Crippen MR) is 52.5 cm³/mol. The highest BCUT2D eigenvalue weighted by Gasteiger charge is 2.35. The highest BCUT2D eigenvalue weighted by molar-refractivity contribution is 5.26. The minimum absolute atomic E-state index is 0.314. The van der Waals surface area contributed by atoms with Crippen molar-refractivity contribution in [3.63, 3.8) is 0 Å². The third-order valence-corrected chi connectivity index (χ3v) is 3.32. The van der Waals surface area contributed by atoms with Crippen molar-refractivity contribution < 1.29 is 0 Å². The number of rotatable bonds is 1. The van der Waals surface area contributed by atoms with Crippen LogP contribution in [0.4, 0.5) is 0 Å². The van der Waals surface area contributed by atoms with E-state index in [0.29, 0.717) is 17.9 Å². The molecule has 0 amide bonds. The molecular formula is C10H17N3. The van der Waals surface area contributed by atoms with Gasteiger partial charge in [-0.15, -0.1) is 0 Å². The van der Waals surface area contributed by atoms with Crippen LogP contribution in [0.3, 0.4) is 0 Å². The molecule has 1 aliphatic carbocycles. The Balaban J connectivity index is 2.41. The van der Waals surface area contributed by atoms with Gasteiger partial charge in [-0.1, -0.05) is 13.8 Å². The lowest BCUT2D eigenvalue weighted by Gasteiger charge is -2.37. The van der Waals surface area contributed by atoms with Crippen LogP contribution in [0.2, 0.25) is 0 Å². The monoisotopic (exact) mass is 179 g/mol. The fraction of sp³-hybridized carbons (Fsp3) is 0.700. The fourth-order valence-electron chi connectivity index (χ4n) is 2.28. The molecule has 1 atom stereocenters. The molecule has 1 aliphatic rings. The zero-order valence-electron chi connectivity index (χ0n) is 8.30. The van der Waals surface area contributed by atoms with E-state index < -0.39 is 0 Å². The summed E-state index contributed by atoms with van der Waals surface area (Å²) in [5.41, 5.74) is 8.74. The quantitative estimate of drug-likeness (QED) is 0.685. The van der Waals surface area contributed by atoms with E-state index in [2.05, 4.69) is 24.0 Å². The molecule has 2 rings (SSSR count). The molecule has 0 aliphatic heterocycles. The Morgan fingerprint density at radius 3 is 3.15 bits per heavy atom. The van der Waals surface area contributed by atoms with Gasteiger partial charge < -0.3 is 5.73 Å². The molecular weight excluding hydrogens is 162 g/mol. The third-order valence-electron chi connectivity index (χ3n) is 3.32. The first-order valence-electron chi connectivity index (χ1n) is 4.87. The van der Waals surface area contributed by atoms with Gasteiger partial charge in [0.2, 0.25) is 0 Å². The van der Waals surface area contributed by atoms with Crippen molar-refractivity contribution in [2.45, 2.75) is 32.6 Å². The molecule has 0 aromatic carbocycles. The average Bonchev–Trinajstić information content (AvgIpc) is 2.50. The minimum atomic E-state index is 0.314. The molecule has 13 heavy (non-hydrogen) atoms. The summed E-state index contributed by atoms with van der Waals surface area (Å²) in [5, 5.41) is 7.17. The van der Waals surface area contributed by atoms with Gasteiger partial charge in [0, 0.05) is 18.2 Å². The smallest absolute Gasteiger partial charge is 0.0522 e. The summed E-state index contributed by atoms with van der Waals surface area (Å²) in [6.07, 6.45) is 4.28. The normalized spacial score (nSPS) is 25.6. The van der Waals surface area contributed by atoms with Crippen LogP contribution in [0.1, 0.15) is 37.4 Å². The van der Waals surface area contributed by atoms with Crippen LogP contribution in [0.5, 0.6) is 0 Å². The molecule has 1 heterocycles. The van der Waals surface area contributed by atoms with Crippen LogP contribution >= 0.6 is 0 Å². The molecule has 3 heteroatoms. The second kappa shape index (κ2) is 2.84. The summed E-state index contributed by atoms with van der Waals surface area (Å²) in [4.78, 5) is 0. The Hall–Kier alpha value is -0.830. The maximum atomic E-state index is 5.81. The van der Waals surface area contributed by atoms with Crippen LogP contribution in [0.25, 0.3) is 0 Å². The molecule has 1 aromatic rings. The summed E-state index contributed by atoms with van der Waals surface area (Å²) < 4.78 is 0. The predicted octanol–water partition coefficient (Wildman–Crippen LogP) is 1.42. The molecule has 1 aromatic heterocycles. The molecule has 1 unspecified atom stereocenters. The van der Waals surface area contributed by atoms with E-state index in [9.17, 15) is 0 Å². The van der Waals surface area contributed by atoms with Crippen molar-refractivity contribution in [1.29, 1.82) is 0 Å². The van der Waals surface area contributed by atoms with Gasteiger partial charge >= 0.3 is 0 Å². The Kier molecular flexibility index (Phi) is 1.91. The maximum absolute atomic E-state index is 5.81. The first kappa shape index (κ1) is 8.75. The van der Waals surface area contributed by atoms with E-state index in [-0.39, 0.29) is 0 Å². The zero-order valence-corrected chi connectivity index (χ0v) is 8.30. The summed E-state index contributed by atoms with van der Waals surface area (Å²) in [6.45, 7) is 5.28. The number of fused-ring (bicyclic) bond motifs is 1. The second-order valence-electron chi connectivity index (χ2n) is 4.59. The number of aryl methyl sites for hydroxylation is 1. The highest BCUT2D eigenvalue weighted by atomic mass is 15.1. The van der Waals surface area contributed by atoms with Crippen molar-refractivity contribution >= 4 is 0 Å². The van der Waals surface area contributed by atoms with E-state index >= 15 is 0 Å². The van der Waals surface area contributed by atoms with Gasteiger partial charge in [-0.05, 0) is 23.8 Å². The standard InChI is InChI=1S/C10H17N3/c1-10(2)4-3-7-6-12-13-9(7)8(10)5-11/h6,8H,3-5,11H2,1-2H3,(H,12,13). The summed E-state index contributed by atoms with van der Waals surface area (Å²) in [5.74, 6) is 0.443. The first-order chi connectivity index (χ1) is 6.15. The van der Waals surface area contributed by atoms with Crippen LogP contribution in [-0.2, 0) is 6.42 Å². The summed E-state index contributed by atoms with van der Waals surface area (Å²) in [7, 11) is 0. The first-order valence-corrected chi connectivity index (χ1v) is 4.87. The molecule has 3 N–H and O–H groups in total. The average molecular weight is 179 g/mol. The summed E-state index contributed by atoms with van der Waals surface area (Å²) in [6, 6.07) is 0. The van der Waals surface area contributed by atoms with Crippen molar-refractivity contribution in [3.05, 3.63) is 17.5 Å². The molecule has 0 fully saturated rings. The molecule has 0 spiro atoms. The van der Waals surface area contributed by atoms with E-state index in [1.165, 1.54) is 17.7 Å². The zero-order chi connectivity index (χ0) is 9.47. The minimum Gasteiger partial charge on any atom is -0.330 e. The maximum Gasteiger partial charge on any atom is 0.0522 e. The van der Waals surface area contributed by atoms with Crippen molar-refractivity contribution in [1.82, 2.24) is 10.2 Å². The van der Waals surface area contributed by atoms with Gasteiger partial charge in [0.05, 0.1) is 6.20 Å². The highest BCUT2D eigenvalue weighted by Crippen LogP contribution is 2.43. The number of nitrogens with zero attached hydrogens (tertiary/aromatic N) is 1. The van der Waals surface area contributed by atoms with Crippen LogP contribution in [0.15, 0.2) is 6.20 Å². The second-order valence-corrected chi connectivity index (χ2v) is 4.59. The molecule has 0 radical (unpaired) electrons. The number of hydrogen-bond acceptors (Lipinski definition) is 2. The lowest BCUT2D eigenvalue weighted by Crippen LogP contribution is -2.33. The Morgan fingerprint density at radius 2 is 2.46 bits per heavy atom. The van der Waals surface area contributed by atoms with Gasteiger partial charge in [-0.25, -0.2) is 0 Å². The molecule has 0 bridgehead atoms. The third kappa shape index (κ3) is 1.27. The largest absolute Gasteiger partial charge is 0.330 e. The number of nitrogens with one attached hydrogen (secondary N) is 1. The summed E-state index contributed by atoms with van der Waals surface area (Å²) >= 11 is 0. The van der Waals surface area contributed by atoms with Crippen LogP contribution in [-0.4, -0.2) is 16.7 Å². The lowest BCUT2D eigenvalue weighted by atomic mass is 9.68. The number of aromatic nitrogens is 2. The topological polar surface area (TPSA) is 54.7 Å². The molecule has 0 saturated heterocycles. The lowest BCUT2D eigenvalue weighted by molar-refractivity contribution is 0.245. The number of aromatic amines is 1. The molecule has 3 nitrogen and oxygen atoms in total. The van der Waals surface area contributed by atoms with Gasteiger partial charge in [-0.2, -0.15) is 5.10 Å². The van der Waals surface area contributed by atoms with Crippen molar-refractivity contribution in [2.75, 3.05) is 6.54 Å². The van der Waals surface area contributed by atoms with E-state index in [1.54, 1.807) is 0 Å². The van der Waals surface area contributed by atoms with Crippen molar-refractivity contribution in [2.24, 2.45) is 11.1 Å². The number of H-pyrrole nitrogens is 1. The number of nitrogens with two attached hydrogens (primary N) is 1. The molecule has 0 saturated carbocycles. The number of hydrogen-bond donors (Lipinski definition) is 2. The molecule has 72 valence electrons. The van der Waals surface area contributed by atoms with Crippen LogP contribution < -0.4 is 5.73 Å².